The van der Waals surface area contributed by atoms with E-state index in [2.05, 4.69) is 5.10 Å². The molecule has 0 saturated carbocycles. The van der Waals surface area contributed by atoms with E-state index >= 15 is 0 Å². The van der Waals surface area contributed by atoms with E-state index in [1.165, 1.54) is 6.20 Å². The number of nitrogen functional groups attached to an aromatic ring is 1. The summed E-state index contributed by atoms with van der Waals surface area (Å²) in [5, 5.41) is 3.85. The highest BCUT2D eigenvalue weighted by Gasteiger charge is 2.18. The Balaban J connectivity index is 2.62. The van der Waals surface area contributed by atoms with E-state index in [1.807, 2.05) is 6.92 Å². The van der Waals surface area contributed by atoms with Crippen LogP contribution in [0.25, 0.3) is 5.69 Å². The van der Waals surface area contributed by atoms with Crippen molar-refractivity contribution >= 4 is 5.69 Å². The maximum absolute atomic E-state index is 13.6. The van der Waals surface area contributed by atoms with Gasteiger partial charge in [-0.25, -0.2) is 17.9 Å². The van der Waals surface area contributed by atoms with E-state index in [9.17, 15) is 13.2 Å². The van der Waals surface area contributed by atoms with Crippen LogP contribution in [-0.4, -0.2) is 9.78 Å². The maximum Gasteiger partial charge on any atom is 0.154 e. The average molecular weight is 255 g/mol. The van der Waals surface area contributed by atoms with Crippen molar-refractivity contribution < 1.29 is 13.2 Å². The van der Waals surface area contributed by atoms with Crippen LogP contribution in [0, 0.1) is 17.5 Å². The number of nitrogens with two attached hydrogens (primary N) is 1. The van der Waals surface area contributed by atoms with Crippen LogP contribution in [0.3, 0.4) is 0 Å². The molecule has 2 aromatic rings. The van der Waals surface area contributed by atoms with Crippen LogP contribution in [0.4, 0.5) is 18.9 Å². The van der Waals surface area contributed by atoms with Gasteiger partial charge in [0.1, 0.15) is 11.5 Å². The van der Waals surface area contributed by atoms with Crippen molar-refractivity contribution in [1.82, 2.24) is 9.78 Å². The van der Waals surface area contributed by atoms with Crippen molar-refractivity contribution in [2.24, 2.45) is 0 Å². The van der Waals surface area contributed by atoms with Crippen LogP contribution in [0.1, 0.15) is 19.0 Å². The molecule has 0 aliphatic rings. The molecule has 6 heteroatoms. The van der Waals surface area contributed by atoms with Gasteiger partial charge in [0.05, 0.1) is 17.6 Å². The number of hydrogen-bond donors (Lipinski definition) is 1. The van der Waals surface area contributed by atoms with Gasteiger partial charge in [-0.3, -0.25) is 0 Å². The Morgan fingerprint density at radius 1 is 1.22 bits per heavy atom. The summed E-state index contributed by atoms with van der Waals surface area (Å²) in [4.78, 5) is 0. The molecule has 0 saturated heterocycles. The van der Waals surface area contributed by atoms with Gasteiger partial charge in [-0.2, -0.15) is 5.10 Å². The highest BCUT2D eigenvalue weighted by atomic mass is 19.1. The Labute approximate surface area is 102 Å². The molecule has 3 nitrogen and oxygen atoms in total. The van der Waals surface area contributed by atoms with Crippen LogP contribution in [0.2, 0.25) is 0 Å². The van der Waals surface area contributed by atoms with Crippen molar-refractivity contribution in [3.63, 3.8) is 0 Å². The van der Waals surface area contributed by atoms with E-state index in [0.717, 1.165) is 11.1 Å². The molecule has 0 radical (unpaired) electrons. The molecule has 0 aliphatic carbocycles. The van der Waals surface area contributed by atoms with E-state index in [0.29, 0.717) is 29.9 Å². The molecule has 18 heavy (non-hydrogen) atoms. The highest BCUT2D eigenvalue weighted by molar-refractivity contribution is 5.47. The SMILES string of the molecule is CCCc1c(N)cnn1-c1c(F)cc(F)cc1F. The largest absolute Gasteiger partial charge is 0.396 e. The molecule has 1 aromatic heterocycles. The fourth-order valence-corrected chi connectivity index (χ4v) is 1.80. The summed E-state index contributed by atoms with van der Waals surface area (Å²) in [5.74, 6) is -2.98. The second-order valence-corrected chi connectivity index (χ2v) is 3.93. The Kier molecular flexibility index (Phi) is 3.27. The molecule has 0 bridgehead atoms. The summed E-state index contributed by atoms with van der Waals surface area (Å²) in [7, 11) is 0. The summed E-state index contributed by atoms with van der Waals surface area (Å²) >= 11 is 0. The van der Waals surface area contributed by atoms with Gasteiger partial charge in [0.15, 0.2) is 11.6 Å². The van der Waals surface area contributed by atoms with Gasteiger partial charge in [0.2, 0.25) is 0 Å². The third-order valence-corrected chi connectivity index (χ3v) is 2.58. The number of benzene rings is 1. The predicted octanol–water partition coefficient (Wildman–Crippen LogP) is 2.82. The first-order valence-corrected chi connectivity index (χ1v) is 5.52. The molecular weight excluding hydrogens is 243 g/mol. The number of nitrogens with zero attached hydrogens (tertiary/aromatic N) is 2. The molecule has 0 fully saturated rings. The van der Waals surface area contributed by atoms with E-state index in [-0.39, 0.29) is 0 Å². The first-order chi connectivity index (χ1) is 8.54. The molecule has 1 aromatic carbocycles. The average Bonchev–Trinajstić information content (AvgIpc) is 2.61. The summed E-state index contributed by atoms with van der Waals surface area (Å²) in [6.07, 6.45) is 2.61. The standard InChI is InChI=1S/C12H12F3N3/c1-2-3-11-10(16)6-17-18(11)12-8(14)4-7(13)5-9(12)15/h4-6H,2-3,16H2,1H3. The lowest BCUT2D eigenvalue weighted by Crippen LogP contribution is -2.08. The fourth-order valence-electron chi connectivity index (χ4n) is 1.80. The lowest BCUT2D eigenvalue weighted by molar-refractivity contribution is 0.525. The second-order valence-electron chi connectivity index (χ2n) is 3.93. The zero-order valence-corrected chi connectivity index (χ0v) is 9.75. The monoisotopic (exact) mass is 255 g/mol. The third kappa shape index (κ3) is 2.05. The summed E-state index contributed by atoms with van der Waals surface area (Å²) in [5.41, 5.74) is 6.16. The van der Waals surface area contributed by atoms with Crippen LogP contribution in [0.5, 0.6) is 0 Å². The van der Waals surface area contributed by atoms with Crippen molar-refractivity contribution in [3.8, 4) is 5.69 Å². The molecule has 0 aliphatic heterocycles. The highest BCUT2D eigenvalue weighted by Crippen LogP contribution is 2.23. The topological polar surface area (TPSA) is 43.8 Å². The van der Waals surface area contributed by atoms with Crippen LogP contribution < -0.4 is 5.73 Å². The number of rotatable bonds is 3. The van der Waals surface area contributed by atoms with Gasteiger partial charge >= 0.3 is 0 Å². The predicted molar refractivity (Wildman–Crippen MR) is 61.8 cm³/mol. The Morgan fingerprint density at radius 2 is 1.83 bits per heavy atom. The minimum atomic E-state index is -1.01. The van der Waals surface area contributed by atoms with Crippen molar-refractivity contribution in [1.29, 1.82) is 0 Å². The first kappa shape index (κ1) is 12.5. The van der Waals surface area contributed by atoms with Gasteiger partial charge in [-0.05, 0) is 6.42 Å². The zero-order chi connectivity index (χ0) is 13.3. The third-order valence-electron chi connectivity index (χ3n) is 2.58. The molecule has 1 heterocycles. The fraction of sp³-hybridized carbons (Fsp3) is 0.250. The van der Waals surface area contributed by atoms with Crippen molar-refractivity contribution in [3.05, 3.63) is 41.5 Å². The molecule has 0 spiro atoms. The smallest absolute Gasteiger partial charge is 0.154 e. The number of hydrogen-bond acceptors (Lipinski definition) is 2. The molecule has 2 rings (SSSR count). The maximum atomic E-state index is 13.6. The van der Waals surface area contributed by atoms with E-state index < -0.39 is 23.1 Å². The van der Waals surface area contributed by atoms with E-state index in [4.69, 9.17) is 5.73 Å². The van der Waals surface area contributed by atoms with Gasteiger partial charge in [-0.15, -0.1) is 0 Å². The van der Waals surface area contributed by atoms with Gasteiger partial charge in [-0.1, -0.05) is 13.3 Å². The zero-order valence-electron chi connectivity index (χ0n) is 9.75. The summed E-state index contributed by atoms with van der Waals surface area (Å²) < 4.78 is 41.2. The van der Waals surface area contributed by atoms with Gasteiger partial charge in [0, 0.05) is 12.1 Å². The first-order valence-electron chi connectivity index (χ1n) is 5.52. The lowest BCUT2D eigenvalue weighted by atomic mass is 10.2. The second kappa shape index (κ2) is 4.72. The van der Waals surface area contributed by atoms with E-state index in [1.54, 1.807) is 0 Å². The summed E-state index contributed by atoms with van der Waals surface area (Å²) in [6, 6.07) is 1.23. The molecule has 0 unspecified atom stereocenters. The Hall–Kier alpha value is -1.98. The van der Waals surface area contributed by atoms with Crippen molar-refractivity contribution in [2.75, 3.05) is 5.73 Å². The normalized spacial score (nSPS) is 10.9. The quantitative estimate of drug-likeness (QED) is 0.916. The number of halogens is 3. The number of anilines is 1. The van der Waals surface area contributed by atoms with Crippen LogP contribution in [-0.2, 0) is 6.42 Å². The molecule has 2 N–H and O–H groups in total. The van der Waals surface area contributed by atoms with Crippen LogP contribution >= 0.6 is 0 Å². The minimum Gasteiger partial charge on any atom is -0.396 e. The summed E-state index contributed by atoms with van der Waals surface area (Å²) in [6.45, 7) is 1.91. The van der Waals surface area contributed by atoms with Crippen LogP contribution in [0.15, 0.2) is 18.3 Å². The Bertz CT molecular complexity index is 555. The van der Waals surface area contributed by atoms with Gasteiger partial charge < -0.3 is 5.73 Å². The molecular formula is C12H12F3N3. The lowest BCUT2D eigenvalue weighted by Gasteiger charge is -2.09. The van der Waals surface area contributed by atoms with Gasteiger partial charge in [0.25, 0.3) is 0 Å². The minimum absolute atomic E-state index is 0.361. The van der Waals surface area contributed by atoms with Crippen molar-refractivity contribution in [2.45, 2.75) is 19.8 Å². The molecule has 0 atom stereocenters. The molecule has 96 valence electrons. The Morgan fingerprint density at radius 3 is 2.39 bits per heavy atom. The number of aromatic nitrogens is 2. The molecule has 0 amide bonds.